The first-order valence-corrected chi connectivity index (χ1v) is 5.30. The lowest BCUT2D eigenvalue weighted by molar-refractivity contribution is 0.278. The average Bonchev–Trinajstić information content (AvgIpc) is 2.39. The van der Waals surface area contributed by atoms with Crippen LogP contribution < -0.4 is 10.2 Å². The summed E-state index contributed by atoms with van der Waals surface area (Å²) in [6.07, 6.45) is 0.927. The third-order valence-corrected chi connectivity index (χ3v) is 2.32. The predicted octanol–water partition coefficient (Wildman–Crippen LogP) is 2.30. The molecule has 0 aliphatic heterocycles. The molecule has 2 N–H and O–H groups in total. The highest BCUT2D eigenvalue weighted by Gasteiger charge is 2.06. The highest BCUT2D eigenvalue weighted by Crippen LogP contribution is 2.13. The molecule has 0 radical (unpaired) electrons. The van der Waals surface area contributed by atoms with Crippen LogP contribution in [0, 0.1) is 12.7 Å². The third-order valence-electron chi connectivity index (χ3n) is 2.32. The van der Waals surface area contributed by atoms with Gasteiger partial charge < -0.3 is 4.74 Å². The molecule has 0 unspecified atom stereocenters. The van der Waals surface area contributed by atoms with Crippen molar-refractivity contribution in [2.75, 3.05) is 5.48 Å². The zero-order valence-electron chi connectivity index (χ0n) is 9.72. The van der Waals surface area contributed by atoms with Crippen LogP contribution in [0.15, 0.2) is 30.5 Å². The summed E-state index contributed by atoms with van der Waals surface area (Å²) in [5.74, 6) is -1.07. The van der Waals surface area contributed by atoms with Crippen LogP contribution in [0.25, 0.3) is 0 Å². The van der Waals surface area contributed by atoms with Gasteiger partial charge in [0.15, 0.2) is 11.6 Å². The van der Waals surface area contributed by atoms with Gasteiger partial charge in [0.05, 0.1) is 6.20 Å². The molecule has 6 heteroatoms. The molecule has 94 valence electrons. The molecule has 0 saturated carbocycles. The Morgan fingerprint density at radius 1 is 1.33 bits per heavy atom. The van der Waals surface area contributed by atoms with Gasteiger partial charge in [0, 0.05) is 0 Å². The zero-order valence-corrected chi connectivity index (χ0v) is 9.72. The maximum Gasteiger partial charge on any atom is 0.318 e. The monoisotopic (exact) mass is 249 g/mol. The van der Waals surface area contributed by atoms with E-state index in [9.17, 15) is 4.39 Å². The molecule has 1 aromatic heterocycles. The van der Waals surface area contributed by atoms with E-state index in [-0.39, 0.29) is 18.4 Å². The number of nitrogens with one attached hydrogen (secondary N) is 1. The molecular formula is C12H12FN3O2. The molecule has 0 bridgehead atoms. The first kappa shape index (κ1) is 12.3. The summed E-state index contributed by atoms with van der Waals surface area (Å²) in [5.41, 5.74) is 3.74. The van der Waals surface area contributed by atoms with E-state index in [1.165, 1.54) is 0 Å². The van der Waals surface area contributed by atoms with E-state index in [1.807, 2.05) is 31.2 Å². The Morgan fingerprint density at radius 3 is 2.72 bits per heavy atom. The van der Waals surface area contributed by atoms with Crippen LogP contribution in [0.2, 0.25) is 0 Å². The number of hydrogen-bond acceptors (Lipinski definition) is 5. The van der Waals surface area contributed by atoms with Gasteiger partial charge in [0.2, 0.25) is 0 Å². The van der Waals surface area contributed by atoms with E-state index in [0.29, 0.717) is 0 Å². The van der Waals surface area contributed by atoms with Crippen LogP contribution in [-0.4, -0.2) is 15.2 Å². The minimum absolute atomic E-state index is 0.00600. The van der Waals surface area contributed by atoms with E-state index in [2.05, 4.69) is 9.97 Å². The van der Waals surface area contributed by atoms with Crippen molar-refractivity contribution in [2.24, 2.45) is 0 Å². The summed E-state index contributed by atoms with van der Waals surface area (Å²) < 4.78 is 18.3. The van der Waals surface area contributed by atoms with Gasteiger partial charge in [0.1, 0.15) is 6.61 Å². The van der Waals surface area contributed by atoms with Crippen LogP contribution in [0.5, 0.6) is 6.01 Å². The van der Waals surface area contributed by atoms with Crippen molar-refractivity contribution in [3.05, 3.63) is 47.4 Å². The number of rotatable bonds is 4. The van der Waals surface area contributed by atoms with Crippen LogP contribution in [0.4, 0.5) is 10.2 Å². The van der Waals surface area contributed by atoms with Crippen molar-refractivity contribution in [2.45, 2.75) is 13.5 Å². The van der Waals surface area contributed by atoms with Crippen LogP contribution in [0.3, 0.4) is 0 Å². The average molecular weight is 249 g/mol. The first-order valence-electron chi connectivity index (χ1n) is 5.30. The van der Waals surface area contributed by atoms with Gasteiger partial charge in [-0.15, -0.1) is 0 Å². The largest absolute Gasteiger partial charge is 0.459 e. The number of ether oxygens (including phenoxy) is 1. The van der Waals surface area contributed by atoms with Gasteiger partial charge in [-0.1, -0.05) is 29.8 Å². The van der Waals surface area contributed by atoms with Gasteiger partial charge >= 0.3 is 6.01 Å². The normalized spacial score (nSPS) is 10.2. The summed E-state index contributed by atoms with van der Waals surface area (Å²) in [6, 6.07) is 7.76. The summed E-state index contributed by atoms with van der Waals surface area (Å²) in [6.45, 7) is 2.27. The number of benzene rings is 1. The summed E-state index contributed by atoms with van der Waals surface area (Å²) >= 11 is 0. The molecule has 0 aliphatic rings. The number of nitrogens with zero attached hydrogens (tertiary/aromatic N) is 2. The topological polar surface area (TPSA) is 67.3 Å². The zero-order chi connectivity index (χ0) is 13.0. The van der Waals surface area contributed by atoms with Crippen molar-refractivity contribution >= 4 is 5.82 Å². The Labute approximate surface area is 103 Å². The molecule has 2 rings (SSSR count). The Hall–Kier alpha value is -2.21. The Balaban J connectivity index is 2.04. The van der Waals surface area contributed by atoms with Gasteiger partial charge in [0.25, 0.3) is 0 Å². The lowest BCUT2D eigenvalue weighted by Crippen LogP contribution is -2.04. The molecule has 1 aromatic carbocycles. The lowest BCUT2D eigenvalue weighted by Gasteiger charge is -2.06. The van der Waals surface area contributed by atoms with E-state index >= 15 is 0 Å². The third kappa shape index (κ3) is 2.92. The Kier molecular flexibility index (Phi) is 3.69. The number of aromatic nitrogens is 2. The van der Waals surface area contributed by atoms with Crippen LogP contribution >= 0.6 is 0 Å². The van der Waals surface area contributed by atoms with Crippen molar-refractivity contribution in [3.63, 3.8) is 0 Å². The first-order chi connectivity index (χ1) is 8.69. The molecular weight excluding hydrogens is 237 g/mol. The van der Waals surface area contributed by atoms with Crippen molar-refractivity contribution in [1.82, 2.24) is 9.97 Å². The van der Waals surface area contributed by atoms with Crippen molar-refractivity contribution < 1.29 is 14.3 Å². The number of halogens is 1. The second kappa shape index (κ2) is 5.42. The fourth-order valence-corrected chi connectivity index (χ4v) is 1.33. The lowest BCUT2D eigenvalue weighted by atomic mass is 10.2. The number of aryl methyl sites for hydroxylation is 1. The summed E-state index contributed by atoms with van der Waals surface area (Å²) in [4.78, 5) is 7.31. The highest BCUT2D eigenvalue weighted by molar-refractivity contribution is 5.33. The fraction of sp³-hybridized carbons (Fsp3) is 0.167. The van der Waals surface area contributed by atoms with E-state index in [4.69, 9.17) is 9.94 Å². The molecule has 0 fully saturated rings. The van der Waals surface area contributed by atoms with Gasteiger partial charge in [-0.05, 0) is 12.5 Å². The molecule has 5 nitrogen and oxygen atoms in total. The molecule has 0 amide bonds. The van der Waals surface area contributed by atoms with Crippen LogP contribution in [0.1, 0.15) is 11.1 Å². The highest BCUT2D eigenvalue weighted by atomic mass is 19.1. The van der Waals surface area contributed by atoms with Gasteiger partial charge in [-0.2, -0.15) is 4.98 Å². The smallest absolute Gasteiger partial charge is 0.318 e. The maximum atomic E-state index is 13.0. The Morgan fingerprint density at radius 2 is 2.06 bits per heavy atom. The van der Waals surface area contributed by atoms with E-state index < -0.39 is 5.82 Å². The fourth-order valence-electron chi connectivity index (χ4n) is 1.33. The maximum absolute atomic E-state index is 13.0. The number of anilines is 1. The SMILES string of the molecule is Cc1ccc(COc2ncc(F)c(NO)n2)cc1. The van der Waals surface area contributed by atoms with E-state index in [1.54, 1.807) is 5.48 Å². The minimum Gasteiger partial charge on any atom is -0.459 e. The van der Waals surface area contributed by atoms with E-state index in [0.717, 1.165) is 17.3 Å². The summed E-state index contributed by atoms with van der Waals surface area (Å²) in [7, 11) is 0. The molecule has 0 aliphatic carbocycles. The van der Waals surface area contributed by atoms with Gasteiger partial charge in [-0.3, -0.25) is 5.21 Å². The minimum atomic E-state index is -0.750. The van der Waals surface area contributed by atoms with Crippen molar-refractivity contribution in [3.8, 4) is 6.01 Å². The van der Waals surface area contributed by atoms with Gasteiger partial charge in [-0.25, -0.2) is 14.9 Å². The molecule has 1 heterocycles. The second-order valence-electron chi connectivity index (χ2n) is 3.74. The number of hydrogen-bond donors (Lipinski definition) is 2. The summed E-state index contributed by atoms with van der Waals surface area (Å²) in [5, 5.41) is 8.62. The molecule has 0 atom stereocenters. The standard InChI is InChI=1S/C12H12FN3O2/c1-8-2-4-9(5-3-8)7-18-12-14-6-10(13)11(15-12)16-17/h2-6,17H,7H2,1H3,(H,14,15,16). The van der Waals surface area contributed by atoms with Crippen LogP contribution in [-0.2, 0) is 6.61 Å². The molecule has 0 spiro atoms. The molecule has 0 saturated heterocycles. The quantitative estimate of drug-likeness (QED) is 0.814. The predicted molar refractivity (Wildman–Crippen MR) is 62.9 cm³/mol. The molecule has 2 aromatic rings. The second-order valence-corrected chi connectivity index (χ2v) is 3.74. The van der Waals surface area contributed by atoms with Crippen molar-refractivity contribution in [1.29, 1.82) is 0 Å². The Bertz CT molecular complexity index is 531. The molecule has 18 heavy (non-hydrogen) atoms.